The van der Waals surface area contributed by atoms with E-state index in [2.05, 4.69) is 0 Å². The molecular formula is C23H25ClN4O4. The lowest BCUT2D eigenvalue weighted by atomic mass is 9.95. The number of halogens is 1. The van der Waals surface area contributed by atoms with Crippen LogP contribution in [0.1, 0.15) is 23.2 Å². The summed E-state index contributed by atoms with van der Waals surface area (Å²) < 4.78 is 0. The molecule has 168 valence electrons. The van der Waals surface area contributed by atoms with E-state index < -0.39 is 0 Å². The summed E-state index contributed by atoms with van der Waals surface area (Å²) in [4.78, 5) is 42.5. The zero-order valence-electron chi connectivity index (χ0n) is 17.7. The Bertz CT molecular complexity index is 1010. The number of nitro benzene ring substituents is 1. The topological polar surface area (TPSA) is 87.0 Å². The molecule has 2 saturated heterocycles. The van der Waals surface area contributed by atoms with Crippen molar-refractivity contribution in [1.82, 2.24) is 9.80 Å². The van der Waals surface area contributed by atoms with Gasteiger partial charge in [0.1, 0.15) is 5.69 Å². The number of likely N-dealkylation sites (tertiary alicyclic amines) is 1. The molecule has 0 radical (unpaired) electrons. The van der Waals surface area contributed by atoms with Crippen LogP contribution < -0.4 is 4.90 Å². The third-order valence-corrected chi connectivity index (χ3v) is 6.41. The third kappa shape index (κ3) is 4.70. The summed E-state index contributed by atoms with van der Waals surface area (Å²) in [5.74, 6) is -0.251. The predicted molar refractivity (Wildman–Crippen MR) is 122 cm³/mol. The number of amides is 2. The van der Waals surface area contributed by atoms with Gasteiger partial charge in [-0.15, -0.1) is 0 Å². The van der Waals surface area contributed by atoms with Crippen molar-refractivity contribution in [2.24, 2.45) is 5.92 Å². The van der Waals surface area contributed by atoms with Crippen molar-refractivity contribution < 1.29 is 14.5 Å². The Morgan fingerprint density at radius 1 is 0.938 bits per heavy atom. The summed E-state index contributed by atoms with van der Waals surface area (Å²) >= 11 is 5.91. The van der Waals surface area contributed by atoms with Gasteiger partial charge < -0.3 is 14.7 Å². The molecule has 0 spiro atoms. The number of nitro groups is 1. The van der Waals surface area contributed by atoms with Gasteiger partial charge in [-0.2, -0.15) is 0 Å². The van der Waals surface area contributed by atoms with E-state index in [-0.39, 0.29) is 28.3 Å². The van der Waals surface area contributed by atoms with Crippen molar-refractivity contribution in [3.05, 3.63) is 69.2 Å². The van der Waals surface area contributed by atoms with Crippen LogP contribution in [0.15, 0.2) is 48.5 Å². The number of carbonyl (C=O) groups is 2. The Morgan fingerprint density at radius 2 is 1.62 bits per heavy atom. The van der Waals surface area contributed by atoms with Gasteiger partial charge in [-0.25, -0.2) is 0 Å². The van der Waals surface area contributed by atoms with Crippen LogP contribution in [0, 0.1) is 16.0 Å². The van der Waals surface area contributed by atoms with Gasteiger partial charge in [0.05, 0.1) is 10.8 Å². The van der Waals surface area contributed by atoms with E-state index in [0.717, 1.165) is 12.8 Å². The molecule has 0 aromatic heterocycles. The molecule has 0 saturated carbocycles. The highest BCUT2D eigenvalue weighted by Crippen LogP contribution is 2.29. The molecule has 2 aromatic carbocycles. The summed E-state index contributed by atoms with van der Waals surface area (Å²) in [6, 6.07) is 13.5. The van der Waals surface area contributed by atoms with Crippen molar-refractivity contribution in [2.45, 2.75) is 12.8 Å². The fraction of sp³-hybridized carbons (Fsp3) is 0.391. The van der Waals surface area contributed by atoms with Crippen LogP contribution in [0.25, 0.3) is 0 Å². The lowest BCUT2D eigenvalue weighted by molar-refractivity contribution is -0.384. The van der Waals surface area contributed by atoms with Gasteiger partial charge in [0.15, 0.2) is 0 Å². The molecule has 2 heterocycles. The average Bonchev–Trinajstić information content (AvgIpc) is 2.84. The van der Waals surface area contributed by atoms with Gasteiger partial charge in [-0.3, -0.25) is 19.7 Å². The van der Waals surface area contributed by atoms with Crippen molar-refractivity contribution in [3.63, 3.8) is 0 Å². The van der Waals surface area contributed by atoms with E-state index in [0.29, 0.717) is 55.5 Å². The molecule has 4 rings (SSSR count). The number of benzene rings is 2. The lowest BCUT2D eigenvalue weighted by Crippen LogP contribution is -2.53. The van der Waals surface area contributed by atoms with Gasteiger partial charge in [0.25, 0.3) is 11.6 Å². The highest BCUT2D eigenvalue weighted by molar-refractivity contribution is 6.30. The molecule has 2 aliphatic heterocycles. The van der Waals surface area contributed by atoms with E-state index in [1.807, 2.05) is 9.80 Å². The van der Waals surface area contributed by atoms with Gasteiger partial charge in [-0.1, -0.05) is 23.7 Å². The van der Waals surface area contributed by atoms with Crippen molar-refractivity contribution in [3.8, 4) is 0 Å². The Labute approximate surface area is 191 Å². The van der Waals surface area contributed by atoms with Crippen LogP contribution in [-0.2, 0) is 4.79 Å². The number of rotatable bonds is 4. The standard InChI is InChI=1S/C23H25ClN4O4/c24-19-9-7-17(8-10-19)22(29)27-11-3-4-18(16-27)23(30)26-14-12-25(13-15-26)20-5-1-2-6-21(20)28(31)32/h1-2,5-10,18H,3-4,11-16H2. The smallest absolute Gasteiger partial charge is 0.292 e. The number of hydrogen-bond acceptors (Lipinski definition) is 5. The summed E-state index contributed by atoms with van der Waals surface area (Å²) in [6.45, 7) is 3.13. The number of para-hydroxylation sites is 2. The second-order valence-electron chi connectivity index (χ2n) is 8.16. The van der Waals surface area contributed by atoms with Crippen LogP contribution >= 0.6 is 11.6 Å². The molecule has 1 atom stereocenters. The summed E-state index contributed by atoms with van der Waals surface area (Å²) in [7, 11) is 0. The van der Waals surface area contributed by atoms with Gasteiger partial charge in [0.2, 0.25) is 5.91 Å². The molecule has 2 amide bonds. The number of piperazine rings is 1. The Morgan fingerprint density at radius 3 is 2.31 bits per heavy atom. The molecule has 9 heteroatoms. The molecule has 8 nitrogen and oxygen atoms in total. The van der Waals surface area contributed by atoms with Crippen LogP contribution in [0.5, 0.6) is 0 Å². The quantitative estimate of drug-likeness (QED) is 0.519. The van der Waals surface area contributed by atoms with Crippen molar-refractivity contribution in [1.29, 1.82) is 0 Å². The Kier molecular flexibility index (Phi) is 6.60. The Balaban J connectivity index is 1.36. The number of hydrogen-bond donors (Lipinski definition) is 0. The minimum Gasteiger partial charge on any atom is -0.362 e. The molecule has 32 heavy (non-hydrogen) atoms. The molecule has 0 N–H and O–H groups in total. The van der Waals surface area contributed by atoms with Crippen LogP contribution in [-0.4, -0.2) is 65.8 Å². The van der Waals surface area contributed by atoms with E-state index in [4.69, 9.17) is 11.6 Å². The van der Waals surface area contributed by atoms with Crippen LogP contribution in [0.3, 0.4) is 0 Å². The fourth-order valence-electron chi connectivity index (χ4n) is 4.45. The maximum absolute atomic E-state index is 13.2. The maximum Gasteiger partial charge on any atom is 0.292 e. The maximum atomic E-state index is 13.2. The number of carbonyl (C=O) groups excluding carboxylic acids is 2. The van der Waals surface area contributed by atoms with E-state index in [1.165, 1.54) is 6.07 Å². The first-order chi connectivity index (χ1) is 15.4. The zero-order valence-corrected chi connectivity index (χ0v) is 18.4. The zero-order chi connectivity index (χ0) is 22.7. The first-order valence-corrected chi connectivity index (χ1v) is 11.1. The molecule has 2 aromatic rings. The normalized spacial score (nSPS) is 19.0. The number of piperidine rings is 1. The second kappa shape index (κ2) is 9.56. The number of nitrogens with zero attached hydrogens (tertiary/aromatic N) is 4. The largest absolute Gasteiger partial charge is 0.362 e. The molecule has 2 fully saturated rings. The second-order valence-corrected chi connectivity index (χ2v) is 8.59. The van der Waals surface area contributed by atoms with Gasteiger partial charge in [0, 0.05) is 55.9 Å². The van der Waals surface area contributed by atoms with Crippen LogP contribution in [0.2, 0.25) is 5.02 Å². The van der Waals surface area contributed by atoms with Crippen molar-refractivity contribution in [2.75, 3.05) is 44.2 Å². The van der Waals surface area contributed by atoms with E-state index in [9.17, 15) is 19.7 Å². The van der Waals surface area contributed by atoms with E-state index in [1.54, 1.807) is 47.4 Å². The molecular weight excluding hydrogens is 432 g/mol. The SMILES string of the molecule is O=C(c1ccc(Cl)cc1)N1CCCC(C(=O)N2CCN(c3ccccc3[N+](=O)[O-])CC2)C1. The fourth-order valence-corrected chi connectivity index (χ4v) is 4.58. The third-order valence-electron chi connectivity index (χ3n) is 6.16. The predicted octanol–water partition coefficient (Wildman–Crippen LogP) is 3.45. The summed E-state index contributed by atoms with van der Waals surface area (Å²) in [5, 5.41) is 11.9. The summed E-state index contributed by atoms with van der Waals surface area (Å²) in [6.07, 6.45) is 1.54. The molecule has 0 aliphatic carbocycles. The van der Waals surface area contributed by atoms with Crippen LogP contribution in [0.4, 0.5) is 11.4 Å². The lowest BCUT2D eigenvalue weighted by Gasteiger charge is -2.39. The molecule has 0 bridgehead atoms. The summed E-state index contributed by atoms with van der Waals surface area (Å²) in [5.41, 5.74) is 1.23. The monoisotopic (exact) mass is 456 g/mol. The van der Waals surface area contributed by atoms with Gasteiger partial charge >= 0.3 is 0 Å². The minimum absolute atomic E-state index is 0.0563. The van der Waals surface area contributed by atoms with E-state index >= 15 is 0 Å². The molecule has 2 aliphatic rings. The number of anilines is 1. The highest BCUT2D eigenvalue weighted by Gasteiger charge is 2.33. The Hall–Kier alpha value is -3.13. The highest BCUT2D eigenvalue weighted by atomic mass is 35.5. The minimum atomic E-state index is -0.374. The average molecular weight is 457 g/mol. The molecule has 1 unspecified atom stereocenters. The first kappa shape index (κ1) is 22.1. The first-order valence-electron chi connectivity index (χ1n) is 10.8. The van der Waals surface area contributed by atoms with Gasteiger partial charge in [-0.05, 0) is 43.2 Å². The van der Waals surface area contributed by atoms with Crippen molar-refractivity contribution >= 4 is 34.8 Å².